The van der Waals surface area contributed by atoms with Gasteiger partial charge in [-0.25, -0.2) is 8.78 Å². The third-order valence-corrected chi connectivity index (χ3v) is 7.79. The van der Waals surface area contributed by atoms with Gasteiger partial charge in [-0.2, -0.15) is 4.21 Å². The Bertz CT molecular complexity index is 1070. The normalized spacial score (nSPS) is 18.2. The van der Waals surface area contributed by atoms with Crippen LogP contribution in [0.3, 0.4) is 0 Å². The van der Waals surface area contributed by atoms with E-state index in [1.807, 2.05) is 0 Å². The van der Waals surface area contributed by atoms with Crippen LogP contribution in [0.4, 0.5) is 14.5 Å². The van der Waals surface area contributed by atoms with Gasteiger partial charge in [0.2, 0.25) is 5.92 Å². The van der Waals surface area contributed by atoms with Crippen LogP contribution in [-0.2, 0) is 16.6 Å². The summed E-state index contributed by atoms with van der Waals surface area (Å²) >= 11 is 0. The molecule has 1 fully saturated rings. The molecule has 0 unspecified atom stereocenters. The van der Waals surface area contributed by atoms with Crippen LogP contribution in [0, 0.1) is 6.92 Å². The zero-order valence-electron chi connectivity index (χ0n) is 18.3. The van der Waals surface area contributed by atoms with Gasteiger partial charge in [0.05, 0.1) is 11.8 Å². The van der Waals surface area contributed by atoms with Crippen molar-refractivity contribution in [3.8, 4) is 16.9 Å². The van der Waals surface area contributed by atoms with E-state index < -0.39 is 15.5 Å². The van der Waals surface area contributed by atoms with Crippen molar-refractivity contribution >= 4 is 15.2 Å². The summed E-state index contributed by atoms with van der Waals surface area (Å²) in [5.74, 6) is -2.14. The van der Waals surface area contributed by atoms with Gasteiger partial charge >= 0.3 is 0 Å². The van der Waals surface area contributed by atoms with E-state index in [1.165, 1.54) is 10.8 Å². The average molecular weight is 457 g/mol. The van der Waals surface area contributed by atoms with Gasteiger partial charge in [0.15, 0.2) is 0 Å². The number of nitrogens with one attached hydrogen (secondary N) is 1. The molecule has 6 nitrogen and oxygen atoms in total. The second kappa shape index (κ2) is 8.02. The van der Waals surface area contributed by atoms with Gasteiger partial charge in [0.25, 0.3) is 5.56 Å². The van der Waals surface area contributed by atoms with Crippen LogP contribution < -0.4 is 15.0 Å². The van der Waals surface area contributed by atoms with Gasteiger partial charge in [0, 0.05) is 54.8 Å². The molecular weight excluding hydrogens is 426 g/mol. The minimum absolute atomic E-state index is 0.0278. The number of nitrogens with zero attached hydrogens (tertiary/aromatic N) is 1. The fourth-order valence-corrected chi connectivity index (χ4v) is 4.51. The minimum atomic E-state index is -4.04. The Balaban J connectivity index is 2.02. The van der Waals surface area contributed by atoms with Crippen LogP contribution in [0.2, 0.25) is 0 Å². The molecule has 0 aliphatic heterocycles. The summed E-state index contributed by atoms with van der Waals surface area (Å²) in [5, 5.41) is 0. The summed E-state index contributed by atoms with van der Waals surface area (Å²) in [6, 6.07) is 6.72. The van der Waals surface area contributed by atoms with Crippen molar-refractivity contribution in [2.24, 2.45) is 7.05 Å². The predicted octanol–water partition coefficient (Wildman–Crippen LogP) is 4.59. The molecule has 1 aliphatic rings. The van der Waals surface area contributed by atoms with Crippen LogP contribution in [0.1, 0.15) is 38.2 Å². The smallest absolute Gasteiger partial charge is 0.253 e. The highest BCUT2D eigenvalue weighted by atomic mass is 32.3. The molecule has 3 rings (SSSR count). The zero-order valence-corrected chi connectivity index (χ0v) is 19.1. The van der Waals surface area contributed by atoms with Crippen molar-refractivity contribution < 1.29 is 22.3 Å². The summed E-state index contributed by atoms with van der Waals surface area (Å²) in [4.78, 5) is 12.1. The van der Waals surface area contributed by atoms with E-state index in [9.17, 15) is 22.3 Å². The zero-order chi connectivity index (χ0) is 23.1. The third-order valence-electron chi connectivity index (χ3n) is 5.67. The Morgan fingerprint density at radius 2 is 1.94 bits per heavy atom. The number of hydrogen-bond donors (Lipinski definition) is 2. The van der Waals surface area contributed by atoms with Crippen LogP contribution in [-0.4, -0.2) is 37.4 Å². The molecule has 9 heteroatoms. The van der Waals surface area contributed by atoms with Crippen LogP contribution in [0.25, 0.3) is 11.1 Å². The van der Waals surface area contributed by atoms with Crippen molar-refractivity contribution in [3.63, 3.8) is 0 Å². The van der Waals surface area contributed by atoms with Gasteiger partial charge in [-0.05, 0) is 51.0 Å². The molecular formula is C22H30F2N2O4S. The van der Waals surface area contributed by atoms with Gasteiger partial charge in [-0.1, -0.05) is 0 Å². The molecule has 31 heavy (non-hydrogen) atoms. The van der Waals surface area contributed by atoms with E-state index in [1.54, 1.807) is 51.4 Å². The predicted molar refractivity (Wildman–Crippen MR) is 121 cm³/mol. The maximum absolute atomic E-state index is 13.5. The number of ether oxygens (including phenoxy) is 1. The van der Waals surface area contributed by atoms with Gasteiger partial charge in [0.1, 0.15) is 5.75 Å². The summed E-state index contributed by atoms with van der Waals surface area (Å²) < 4.78 is 60.4. The first-order valence-electron chi connectivity index (χ1n) is 10.3. The van der Waals surface area contributed by atoms with Gasteiger partial charge in [-0.3, -0.25) is 14.1 Å². The van der Waals surface area contributed by atoms with E-state index in [0.717, 1.165) is 0 Å². The topological polar surface area (TPSA) is 80.6 Å². The lowest BCUT2D eigenvalue weighted by molar-refractivity contribution is -0.0581. The van der Waals surface area contributed by atoms with Crippen molar-refractivity contribution in [2.45, 2.75) is 51.6 Å². The SMILES string of the molecule is CCS(C)(=O)(O)Nc1ccc(OC2CCC(F)(F)CC2)c(-c2cc(C)c(=O)n(C)c2)c1. The van der Waals surface area contributed by atoms with Gasteiger partial charge < -0.3 is 9.30 Å². The molecule has 1 aromatic heterocycles. The molecule has 0 amide bonds. The van der Waals surface area contributed by atoms with E-state index in [0.29, 0.717) is 28.1 Å². The number of aryl methyl sites for hydroxylation is 2. The molecule has 1 saturated carbocycles. The molecule has 0 saturated heterocycles. The Kier molecular flexibility index (Phi) is 6.05. The average Bonchev–Trinajstić information content (AvgIpc) is 2.68. The first-order chi connectivity index (χ1) is 14.3. The second-order valence-electron chi connectivity index (χ2n) is 8.59. The number of rotatable bonds is 6. The lowest BCUT2D eigenvalue weighted by Crippen LogP contribution is -2.41. The highest BCUT2D eigenvalue weighted by molar-refractivity contribution is 8.15. The molecule has 2 N–H and O–H groups in total. The van der Waals surface area contributed by atoms with E-state index in [-0.39, 0.29) is 43.1 Å². The first kappa shape index (κ1) is 23.4. The quantitative estimate of drug-likeness (QED) is 0.666. The third kappa shape index (κ3) is 5.71. The lowest BCUT2D eigenvalue weighted by atomic mass is 9.94. The molecule has 0 bridgehead atoms. The Hall–Kier alpha value is -2.26. The Labute approximate surface area is 181 Å². The summed E-state index contributed by atoms with van der Waals surface area (Å²) in [7, 11) is -2.40. The number of hydrogen-bond acceptors (Lipinski definition) is 3. The number of halogens is 2. The number of benzene rings is 1. The minimum Gasteiger partial charge on any atom is -0.490 e. The molecule has 1 aliphatic carbocycles. The van der Waals surface area contributed by atoms with Crippen molar-refractivity contribution in [1.82, 2.24) is 4.57 Å². The van der Waals surface area contributed by atoms with E-state index in [4.69, 9.17) is 4.74 Å². The second-order valence-corrected chi connectivity index (χ2v) is 12.3. The maximum atomic E-state index is 13.5. The van der Waals surface area contributed by atoms with Gasteiger partial charge in [-0.15, -0.1) is 9.53 Å². The van der Waals surface area contributed by atoms with E-state index >= 15 is 0 Å². The molecule has 1 heterocycles. The first-order valence-corrected chi connectivity index (χ1v) is 12.8. The van der Waals surface area contributed by atoms with Crippen molar-refractivity contribution in [2.75, 3.05) is 16.7 Å². The van der Waals surface area contributed by atoms with Crippen molar-refractivity contribution in [3.05, 3.63) is 46.4 Å². The number of anilines is 1. The fraction of sp³-hybridized carbons (Fsp3) is 0.500. The van der Waals surface area contributed by atoms with Crippen LogP contribution in [0.15, 0.2) is 35.3 Å². The largest absolute Gasteiger partial charge is 0.490 e. The molecule has 0 radical (unpaired) electrons. The molecule has 0 spiro atoms. The lowest BCUT2D eigenvalue weighted by Gasteiger charge is -2.39. The fourth-order valence-electron chi connectivity index (χ4n) is 3.63. The standard InChI is InChI=1S/C22H30F2N2O4S/c1-5-31(4,28,29)25-17-6-7-20(30-18-8-10-22(23,24)11-9-18)19(13-17)16-12-15(2)21(27)26(3)14-16/h6-7,12-14,18H,5,8-11H2,1-4H3,(H2,25,28,29). The maximum Gasteiger partial charge on any atom is 0.253 e. The highest BCUT2D eigenvalue weighted by Gasteiger charge is 2.36. The van der Waals surface area contributed by atoms with Crippen molar-refractivity contribution in [1.29, 1.82) is 0 Å². The monoisotopic (exact) mass is 456 g/mol. The molecule has 172 valence electrons. The molecule has 2 aromatic rings. The number of aromatic nitrogens is 1. The Morgan fingerprint density at radius 3 is 2.52 bits per heavy atom. The van der Waals surface area contributed by atoms with Crippen LogP contribution >= 0.6 is 0 Å². The molecule has 0 atom stereocenters. The summed E-state index contributed by atoms with van der Waals surface area (Å²) in [6.07, 6.45) is 2.64. The Morgan fingerprint density at radius 1 is 1.29 bits per heavy atom. The molecule has 1 aromatic carbocycles. The number of pyridine rings is 1. The summed E-state index contributed by atoms with van der Waals surface area (Å²) in [6.45, 7) is 3.33. The number of alkyl halides is 2. The van der Waals surface area contributed by atoms with E-state index in [2.05, 4.69) is 4.72 Å². The summed E-state index contributed by atoms with van der Waals surface area (Å²) in [5.41, 5.74) is 2.13. The highest BCUT2D eigenvalue weighted by Crippen LogP contribution is 2.39. The van der Waals surface area contributed by atoms with Crippen LogP contribution in [0.5, 0.6) is 5.75 Å².